The third kappa shape index (κ3) is 7.45. The molecular weight excluding hydrogens is 460 g/mol. The van der Waals surface area contributed by atoms with Crippen LogP contribution in [0.1, 0.15) is 130 Å². The summed E-state index contributed by atoms with van der Waals surface area (Å²) < 4.78 is 0.804. The van der Waals surface area contributed by atoms with E-state index >= 15 is 0 Å². The first-order chi connectivity index (χ1) is 15.0. The van der Waals surface area contributed by atoms with Gasteiger partial charge in [-0.2, -0.15) is 0 Å². The fourth-order valence-corrected chi connectivity index (χ4v) is 7.56. The fraction of sp³-hybridized carbons (Fsp3) is 0.964. The second kappa shape index (κ2) is 13.7. The molecule has 4 aliphatic rings. The van der Waals surface area contributed by atoms with Gasteiger partial charge in [0.15, 0.2) is 0 Å². The van der Waals surface area contributed by atoms with Crippen molar-refractivity contribution in [1.29, 1.82) is 0 Å². The molecule has 32 heavy (non-hydrogen) atoms. The van der Waals surface area contributed by atoms with Gasteiger partial charge in [0.1, 0.15) is 6.54 Å². The molecule has 4 fully saturated rings. The summed E-state index contributed by atoms with van der Waals surface area (Å²) in [4.78, 5) is 13.6. The van der Waals surface area contributed by atoms with Gasteiger partial charge in [-0.15, -0.1) is 0 Å². The van der Waals surface area contributed by atoms with Crippen molar-refractivity contribution in [3.8, 4) is 0 Å². The third-order valence-corrected chi connectivity index (χ3v) is 9.26. The number of unbranched alkanes of at least 4 members (excludes halogenated alkanes) is 10. The summed E-state index contributed by atoms with van der Waals surface area (Å²) >= 11 is 0. The van der Waals surface area contributed by atoms with Crippen LogP contribution in [0.25, 0.3) is 0 Å². The van der Waals surface area contributed by atoms with Crippen LogP contribution in [0.15, 0.2) is 0 Å². The number of nitrogens with one attached hydrogen (secondary N) is 1. The summed E-state index contributed by atoms with van der Waals surface area (Å²) in [5.41, 5.74) is 3.61. The average Bonchev–Trinajstić information content (AvgIpc) is 2.75. The second-order valence-corrected chi connectivity index (χ2v) is 11.7. The van der Waals surface area contributed by atoms with Crippen molar-refractivity contribution in [2.45, 2.75) is 130 Å². The minimum Gasteiger partial charge on any atom is -1.00 e. The molecule has 0 heterocycles. The molecule has 0 spiro atoms. The zero-order chi connectivity index (χ0) is 22.2. The van der Waals surface area contributed by atoms with Crippen molar-refractivity contribution in [2.75, 3.05) is 19.6 Å². The summed E-state index contributed by atoms with van der Waals surface area (Å²) in [6.07, 6.45) is 23.0. The van der Waals surface area contributed by atoms with E-state index in [9.17, 15) is 4.79 Å². The Kier molecular flexibility index (Phi) is 12.1. The van der Waals surface area contributed by atoms with E-state index in [1.807, 2.05) is 0 Å². The van der Waals surface area contributed by atoms with Crippen LogP contribution in [-0.4, -0.2) is 30.1 Å². The molecule has 0 radical (unpaired) electrons. The van der Waals surface area contributed by atoms with Crippen molar-refractivity contribution in [3.05, 3.63) is 0 Å². The van der Waals surface area contributed by atoms with Gasteiger partial charge in [-0.25, -0.2) is 10.0 Å². The van der Waals surface area contributed by atoms with Crippen molar-refractivity contribution < 1.29 is 26.4 Å². The van der Waals surface area contributed by atoms with Crippen molar-refractivity contribution in [3.63, 3.8) is 0 Å². The van der Waals surface area contributed by atoms with Gasteiger partial charge in [0, 0.05) is 0 Å². The molecule has 1 amide bonds. The number of quaternary nitrogens is 1. The van der Waals surface area contributed by atoms with Gasteiger partial charge >= 0.3 is 0 Å². The Morgan fingerprint density at radius 2 is 1.12 bits per heavy atom. The molecule has 0 aromatic rings. The normalized spacial score (nSPS) is 28.5. The smallest absolute Gasteiger partial charge is 0.271 e. The summed E-state index contributed by atoms with van der Waals surface area (Å²) in [7, 11) is 0. The standard InChI is InChI=1S/C28H52N2O.BrH/c1-4-7-8-9-10-11-12-13-14-15-16-17-30(5-2,6-3)29-27(31)28-21-24-18-25(22-28)20-26(19-24)23-28;/h24-26H,4-23H2,1-3H3;1H. The van der Waals surface area contributed by atoms with Gasteiger partial charge in [0.2, 0.25) is 0 Å². The second-order valence-electron chi connectivity index (χ2n) is 11.7. The van der Waals surface area contributed by atoms with Crippen molar-refractivity contribution >= 4 is 5.91 Å². The van der Waals surface area contributed by atoms with Crippen LogP contribution in [0.2, 0.25) is 0 Å². The maximum absolute atomic E-state index is 13.6. The van der Waals surface area contributed by atoms with Crippen LogP contribution >= 0.6 is 0 Å². The average molecular weight is 514 g/mol. The highest BCUT2D eigenvalue weighted by molar-refractivity contribution is 5.82. The lowest BCUT2D eigenvalue weighted by atomic mass is 9.49. The number of carbonyl (C=O) groups excluding carboxylic acids is 1. The van der Waals surface area contributed by atoms with Crippen LogP contribution in [0, 0.1) is 23.2 Å². The van der Waals surface area contributed by atoms with E-state index < -0.39 is 0 Å². The minimum absolute atomic E-state index is 0. The Morgan fingerprint density at radius 3 is 1.53 bits per heavy atom. The lowest BCUT2D eigenvalue weighted by molar-refractivity contribution is -0.958. The lowest BCUT2D eigenvalue weighted by Gasteiger charge is -2.56. The molecule has 0 aromatic carbocycles. The topological polar surface area (TPSA) is 29.1 Å². The van der Waals surface area contributed by atoms with E-state index in [2.05, 4.69) is 26.2 Å². The highest BCUT2D eigenvalue weighted by atomic mass is 79.9. The molecule has 4 heteroatoms. The predicted octanol–water partition coefficient (Wildman–Crippen LogP) is 4.41. The highest BCUT2D eigenvalue weighted by Crippen LogP contribution is 2.60. The SMILES string of the molecule is CCCCCCCCCCCCC[N+](CC)(CC)NC(=O)C12CC3CC(CC(C3)C1)C2.[Br-]. The number of hydrogen-bond donors (Lipinski definition) is 1. The summed E-state index contributed by atoms with van der Waals surface area (Å²) in [5, 5.41) is 0. The molecule has 0 aromatic heterocycles. The summed E-state index contributed by atoms with van der Waals surface area (Å²) in [6, 6.07) is 0. The molecule has 4 rings (SSSR count). The van der Waals surface area contributed by atoms with Crippen LogP contribution in [0.3, 0.4) is 0 Å². The predicted molar refractivity (Wildman–Crippen MR) is 131 cm³/mol. The van der Waals surface area contributed by atoms with Gasteiger partial charge < -0.3 is 17.0 Å². The maximum atomic E-state index is 13.6. The van der Waals surface area contributed by atoms with Gasteiger partial charge in [-0.3, -0.25) is 4.79 Å². The van der Waals surface area contributed by atoms with Gasteiger partial charge in [-0.1, -0.05) is 64.7 Å². The minimum atomic E-state index is -0.0142. The molecule has 0 aliphatic heterocycles. The first-order valence-electron chi connectivity index (χ1n) is 14.2. The van der Waals surface area contributed by atoms with E-state index in [4.69, 9.17) is 0 Å². The lowest BCUT2D eigenvalue weighted by Crippen LogP contribution is -3.00. The first-order valence-corrected chi connectivity index (χ1v) is 14.2. The Bertz CT molecular complexity index is 510. The van der Waals surface area contributed by atoms with E-state index in [1.165, 1.54) is 109 Å². The maximum Gasteiger partial charge on any atom is 0.271 e. The Hall–Kier alpha value is -0.0900. The van der Waals surface area contributed by atoms with Gasteiger partial charge in [0.25, 0.3) is 5.91 Å². The van der Waals surface area contributed by atoms with Crippen molar-refractivity contribution in [1.82, 2.24) is 5.43 Å². The molecule has 4 aliphatic carbocycles. The summed E-state index contributed by atoms with van der Waals surface area (Å²) in [5.74, 6) is 2.94. The molecule has 4 bridgehead atoms. The number of nitrogens with zero attached hydrogens (tertiary/aromatic N) is 1. The largest absolute Gasteiger partial charge is 1.00 e. The Labute approximate surface area is 210 Å². The van der Waals surface area contributed by atoms with Gasteiger partial charge in [0.05, 0.1) is 18.5 Å². The van der Waals surface area contributed by atoms with Crippen LogP contribution in [-0.2, 0) is 4.79 Å². The molecule has 3 nitrogen and oxygen atoms in total. The molecule has 0 saturated heterocycles. The molecule has 188 valence electrons. The zero-order valence-electron chi connectivity index (χ0n) is 21.6. The highest BCUT2D eigenvalue weighted by Gasteiger charge is 2.55. The number of hydrogen-bond acceptors (Lipinski definition) is 1. The number of carbonyl (C=O) groups is 1. The van der Waals surface area contributed by atoms with E-state index in [0.29, 0.717) is 5.91 Å². The summed E-state index contributed by atoms with van der Waals surface area (Å²) in [6.45, 7) is 9.98. The zero-order valence-corrected chi connectivity index (χ0v) is 23.2. The number of amides is 1. The van der Waals surface area contributed by atoms with Crippen LogP contribution in [0.5, 0.6) is 0 Å². The molecular formula is C28H53BrN2O. The first kappa shape index (κ1) is 28.1. The van der Waals surface area contributed by atoms with E-state index in [-0.39, 0.29) is 22.4 Å². The Balaban J connectivity index is 0.00000363. The number of halogens is 1. The third-order valence-electron chi connectivity index (χ3n) is 9.26. The van der Waals surface area contributed by atoms with Crippen LogP contribution in [0.4, 0.5) is 0 Å². The quantitative estimate of drug-likeness (QED) is 0.185. The number of rotatable bonds is 16. The van der Waals surface area contributed by atoms with E-state index in [1.54, 1.807) is 0 Å². The van der Waals surface area contributed by atoms with Crippen LogP contribution < -0.4 is 22.4 Å². The van der Waals surface area contributed by atoms with Gasteiger partial charge in [-0.05, 0) is 83.0 Å². The van der Waals surface area contributed by atoms with Crippen molar-refractivity contribution in [2.24, 2.45) is 23.2 Å². The Morgan fingerprint density at radius 1 is 0.719 bits per heavy atom. The molecule has 0 unspecified atom stereocenters. The fourth-order valence-electron chi connectivity index (χ4n) is 7.56. The molecule has 1 N–H and O–H groups in total. The molecule has 4 saturated carbocycles. The molecule has 0 atom stereocenters. The monoisotopic (exact) mass is 512 g/mol. The van der Waals surface area contributed by atoms with E-state index in [0.717, 1.165) is 42.0 Å².